The summed E-state index contributed by atoms with van der Waals surface area (Å²) in [5.41, 5.74) is 7.53. The fraction of sp³-hybridized carbons (Fsp3) is 0.467. The maximum atomic E-state index is 10.9. The van der Waals surface area contributed by atoms with Crippen LogP contribution in [0.1, 0.15) is 12.8 Å². The van der Waals surface area contributed by atoms with Crippen LogP contribution < -0.4 is 10.6 Å². The lowest BCUT2D eigenvalue weighted by Gasteiger charge is -2.28. The molecule has 1 amide bonds. The van der Waals surface area contributed by atoms with Crippen molar-refractivity contribution in [1.29, 1.82) is 0 Å². The molecule has 1 aromatic carbocycles. The van der Waals surface area contributed by atoms with Crippen LogP contribution in [-0.2, 0) is 11.3 Å². The molecule has 0 unspecified atom stereocenters. The number of nitrogens with two attached hydrogens (primary N) is 1. The number of quaternary nitrogens is 1. The number of para-hydroxylation sites is 2. The first-order chi connectivity index (χ1) is 9.72. The molecule has 0 saturated carbocycles. The average Bonchev–Trinajstić information content (AvgIpc) is 2.84. The van der Waals surface area contributed by atoms with Gasteiger partial charge in [0.1, 0.15) is 0 Å². The normalized spacial score (nSPS) is 23.0. The quantitative estimate of drug-likeness (QED) is 0.811. The fourth-order valence-electron chi connectivity index (χ4n) is 3.13. The summed E-state index contributed by atoms with van der Waals surface area (Å²) in [6.45, 7) is 3.57. The summed E-state index contributed by atoms with van der Waals surface area (Å²) in [5, 5.41) is 0. The lowest BCUT2D eigenvalue weighted by molar-refractivity contribution is -0.898. The first kappa shape index (κ1) is 13.1. The molecule has 106 valence electrons. The summed E-state index contributed by atoms with van der Waals surface area (Å²) in [6.07, 6.45) is 4.23. The van der Waals surface area contributed by atoms with Gasteiger partial charge in [0.15, 0.2) is 6.54 Å². The van der Waals surface area contributed by atoms with Crippen LogP contribution in [0, 0.1) is 5.92 Å². The predicted octanol–water partition coefficient (Wildman–Crippen LogP) is -0.183. The van der Waals surface area contributed by atoms with Crippen molar-refractivity contribution < 1.29 is 9.69 Å². The van der Waals surface area contributed by atoms with Crippen molar-refractivity contribution in [2.24, 2.45) is 11.7 Å². The Labute approximate surface area is 118 Å². The minimum Gasteiger partial charge on any atom is -0.365 e. The third-order valence-electron chi connectivity index (χ3n) is 4.22. The van der Waals surface area contributed by atoms with Crippen molar-refractivity contribution >= 4 is 16.9 Å². The number of amides is 1. The number of hydrogen-bond acceptors (Lipinski definition) is 2. The Morgan fingerprint density at radius 2 is 2.10 bits per heavy atom. The summed E-state index contributed by atoms with van der Waals surface area (Å²) in [7, 11) is 0. The second-order valence-electron chi connectivity index (χ2n) is 5.72. The number of fused-ring (bicyclic) bond motifs is 1. The van der Waals surface area contributed by atoms with Crippen LogP contribution >= 0.6 is 0 Å². The molecule has 3 rings (SSSR count). The molecule has 1 aliphatic rings. The number of carbonyl (C=O) groups excluding carboxylic acids is 1. The molecule has 0 radical (unpaired) electrons. The monoisotopic (exact) mass is 273 g/mol. The molecule has 1 fully saturated rings. The van der Waals surface area contributed by atoms with E-state index in [9.17, 15) is 4.79 Å². The third kappa shape index (κ3) is 2.82. The summed E-state index contributed by atoms with van der Waals surface area (Å²) in [5.74, 6) is 0.475. The van der Waals surface area contributed by atoms with Gasteiger partial charge in [-0.3, -0.25) is 4.79 Å². The molecular weight excluding hydrogens is 252 g/mol. The zero-order chi connectivity index (χ0) is 13.9. The fourth-order valence-corrected chi connectivity index (χ4v) is 3.13. The van der Waals surface area contributed by atoms with Crippen molar-refractivity contribution in [3.63, 3.8) is 0 Å². The van der Waals surface area contributed by atoms with Crippen LogP contribution in [0.25, 0.3) is 11.0 Å². The minimum absolute atomic E-state index is 0.195. The molecule has 5 nitrogen and oxygen atoms in total. The van der Waals surface area contributed by atoms with Gasteiger partial charge in [0.05, 0.1) is 30.5 Å². The second kappa shape index (κ2) is 5.63. The highest BCUT2D eigenvalue weighted by Gasteiger charge is 2.23. The van der Waals surface area contributed by atoms with Gasteiger partial charge in [-0.05, 0) is 18.1 Å². The highest BCUT2D eigenvalue weighted by atomic mass is 16.1. The molecule has 3 N–H and O–H groups in total. The van der Waals surface area contributed by atoms with Crippen LogP contribution in [0.2, 0.25) is 0 Å². The van der Waals surface area contributed by atoms with Gasteiger partial charge in [0.25, 0.3) is 5.91 Å². The number of rotatable bonds is 4. The zero-order valence-electron chi connectivity index (χ0n) is 11.6. The van der Waals surface area contributed by atoms with Gasteiger partial charge in [-0.2, -0.15) is 0 Å². The van der Waals surface area contributed by atoms with E-state index < -0.39 is 0 Å². The Bertz CT molecular complexity index is 599. The molecular formula is C15H21N4O+. The second-order valence-corrected chi connectivity index (χ2v) is 5.72. The molecule has 5 heteroatoms. The van der Waals surface area contributed by atoms with E-state index in [1.54, 1.807) is 0 Å². The summed E-state index contributed by atoms with van der Waals surface area (Å²) >= 11 is 0. The predicted molar refractivity (Wildman–Crippen MR) is 77.2 cm³/mol. The Kier molecular flexibility index (Phi) is 3.69. The SMILES string of the molecule is NC(=O)C[NH+]1CCC(Cn2cnc3ccccc32)CC1. The van der Waals surface area contributed by atoms with Crippen molar-refractivity contribution in [1.82, 2.24) is 9.55 Å². The number of primary amides is 1. The summed E-state index contributed by atoms with van der Waals surface area (Å²) < 4.78 is 2.25. The van der Waals surface area contributed by atoms with E-state index in [0.29, 0.717) is 12.5 Å². The molecule has 2 aromatic rings. The van der Waals surface area contributed by atoms with E-state index in [0.717, 1.165) is 38.0 Å². The van der Waals surface area contributed by atoms with Gasteiger partial charge < -0.3 is 15.2 Å². The summed E-state index contributed by atoms with van der Waals surface area (Å²) in [6, 6.07) is 8.24. The number of hydrogen-bond donors (Lipinski definition) is 2. The number of benzene rings is 1. The van der Waals surface area contributed by atoms with E-state index in [-0.39, 0.29) is 5.91 Å². The van der Waals surface area contributed by atoms with Gasteiger partial charge in [-0.25, -0.2) is 4.98 Å². The van der Waals surface area contributed by atoms with Crippen molar-refractivity contribution in [2.75, 3.05) is 19.6 Å². The lowest BCUT2D eigenvalue weighted by Crippen LogP contribution is -3.14. The maximum absolute atomic E-state index is 10.9. The molecule has 0 aliphatic carbocycles. The number of likely N-dealkylation sites (tertiary alicyclic amines) is 1. The van der Waals surface area contributed by atoms with E-state index >= 15 is 0 Å². The molecule has 2 heterocycles. The molecule has 0 bridgehead atoms. The average molecular weight is 273 g/mol. The van der Waals surface area contributed by atoms with Crippen LogP contribution in [-0.4, -0.2) is 35.1 Å². The van der Waals surface area contributed by atoms with Gasteiger partial charge in [0, 0.05) is 19.4 Å². The molecule has 20 heavy (non-hydrogen) atoms. The molecule has 1 saturated heterocycles. The van der Waals surface area contributed by atoms with Crippen LogP contribution in [0.15, 0.2) is 30.6 Å². The zero-order valence-corrected chi connectivity index (χ0v) is 11.6. The number of piperidine rings is 1. The Morgan fingerprint density at radius 1 is 1.35 bits per heavy atom. The highest BCUT2D eigenvalue weighted by molar-refractivity contribution is 5.75. The molecule has 1 aliphatic heterocycles. The largest absolute Gasteiger partial charge is 0.365 e. The Morgan fingerprint density at radius 3 is 2.85 bits per heavy atom. The number of carbonyl (C=O) groups is 1. The van der Waals surface area contributed by atoms with Crippen LogP contribution in [0.3, 0.4) is 0 Å². The van der Waals surface area contributed by atoms with Crippen LogP contribution in [0.4, 0.5) is 0 Å². The Balaban J connectivity index is 1.61. The molecule has 0 atom stereocenters. The first-order valence-electron chi connectivity index (χ1n) is 7.24. The van der Waals surface area contributed by atoms with Crippen molar-refractivity contribution in [2.45, 2.75) is 19.4 Å². The van der Waals surface area contributed by atoms with Gasteiger partial charge in [-0.15, -0.1) is 0 Å². The highest BCUT2D eigenvalue weighted by Crippen LogP contribution is 2.17. The maximum Gasteiger partial charge on any atom is 0.272 e. The van der Waals surface area contributed by atoms with Gasteiger partial charge >= 0.3 is 0 Å². The van der Waals surface area contributed by atoms with Crippen LogP contribution in [0.5, 0.6) is 0 Å². The van der Waals surface area contributed by atoms with E-state index in [4.69, 9.17) is 5.73 Å². The first-order valence-corrected chi connectivity index (χ1v) is 7.24. The van der Waals surface area contributed by atoms with Crippen molar-refractivity contribution in [3.8, 4) is 0 Å². The van der Waals surface area contributed by atoms with Crippen molar-refractivity contribution in [3.05, 3.63) is 30.6 Å². The Hall–Kier alpha value is -1.88. The van der Waals surface area contributed by atoms with Gasteiger partial charge in [-0.1, -0.05) is 12.1 Å². The van der Waals surface area contributed by atoms with E-state index in [2.05, 4.69) is 21.7 Å². The minimum atomic E-state index is -0.195. The topological polar surface area (TPSA) is 65.3 Å². The number of nitrogens with zero attached hydrogens (tertiary/aromatic N) is 2. The van der Waals surface area contributed by atoms with E-state index in [1.807, 2.05) is 18.5 Å². The molecule has 0 spiro atoms. The number of nitrogens with one attached hydrogen (secondary N) is 1. The number of imidazole rings is 1. The summed E-state index contributed by atoms with van der Waals surface area (Å²) in [4.78, 5) is 16.7. The number of aromatic nitrogens is 2. The van der Waals surface area contributed by atoms with E-state index in [1.165, 1.54) is 10.4 Å². The third-order valence-corrected chi connectivity index (χ3v) is 4.22. The standard InChI is InChI=1S/C15H20N4O/c16-15(20)10-18-7-5-12(6-8-18)9-19-11-17-13-3-1-2-4-14(13)19/h1-4,11-12H,5-10H2,(H2,16,20)/p+1. The lowest BCUT2D eigenvalue weighted by atomic mass is 9.96. The smallest absolute Gasteiger partial charge is 0.272 e. The van der Waals surface area contributed by atoms with Gasteiger partial charge in [0.2, 0.25) is 0 Å². The molecule has 1 aromatic heterocycles.